The van der Waals surface area contributed by atoms with Gasteiger partial charge in [0.1, 0.15) is 3.42 Å². The van der Waals surface area contributed by atoms with E-state index in [1.54, 1.807) is 0 Å². The zero-order chi connectivity index (χ0) is 9.61. The number of aliphatic hydroxyl groups excluding tert-OH is 1. The van der Waals surface area contributed by atoms with Crippen molar-refractivity contribution >= 4 is 28.6 Å². The number of halogens is 1. The van der Waals surface area contributed by atoms with Crippen LogP contribution in [0.5, 0.6) is 0 Å². The second-order valence-electron chi connectivity index (χ2n) is 3.04. The van der Waals surface area contributed by atoms with E-state index in [4.69, 9.17) is 9.84 Å². The smallest absolute Gasteiger partial charge is 0.321 e. The lowest BCUT2D eigenvalue weighted by molar-refractivity contribution is -0.145. The quantitative estimate of drug-likeness (QED) is 0.361. The molecule has 0 rings (SSSR count). The molecule has 0 aliphatic carbocycles. The third-order valence-electron chi connectivity index (χ3n) is 1.27. The molecule has 0 amide bonds. The number of hydrogen-bond acceptors (Lipinski definition) is 3. The van der Waals surface area contributed by atoms with Crippen LogP contribution in [0.15, 0.2) is 0 Å². The van der Waals surface area contributed by atoms with Gasteiger partial charge in [-0.25, -0.2) is 0 Å². The van der Waals surface area contributed by atoms with E-state index < -0.39 is 3.42 Å². The standard InChI is InChI=1S/C8H15IO3/c1-8(2,9)7(11)12-6-4-3-5-10/h10H,3-6H2,1-2H3. The van der Waals surface area contributed by atoms with Crippen molar-refractivity contribution in [3.05, 3.63) is 0 Å². The van der Waals surface area contributed by atoms with E-state index in [1.807, 2.05) is 36.4 Å². The Labute approximate surface area is 86.6 Å². The van der Waals surface area contributed by atoms with Crippen molar-refractivity contribution in [2.75, 3.05) is 13.2 Å². The first-order valence-electron chi connectivity index (χ1n) is 3.95. The number of rotatable bonds is 5. The van der Waals surface area contributed by atoms with Gasteiger partial charge in [-0.15, -0.1) is 0 Å². The van der Waals surface area contributed by atoms with Crippen LogP contribution in [-0.2, 0) is 9.53 Å². The van der Waals surface area contributed by atoms with Gasteiger partial charge in [-0.2, -0.15) is 0 Å². The molecular weight excluding hydrogens is 271 g/mol. The summed E-state index contributed by atoms with van der Waals surface area (Å²) in [5, 5.41) is 8.45. The minimum atomic E-state index is -0.447. The van der Waals surface area contributed by atoms with Crippen LogP contribution in [0.25, 0.3) is 0 Å². The van der Waals surface area contributed by atoms with Crippen molar-refractivity contribution in [2.45, 2.75) is 30.1 Å². The summed E-state index contributed by atoms with van der Waals surface area (Å²) in [5.74, 6) is -0.193. The summed E-state index contributed by atoms with van der Waals surface area (Å²) >= 11 is 2.04. The minimum absolute atomic E-state index is 0.158. The Morgan fingerprint density at radius 1 is 1.50 bits per heavy atom. The Morgan fingerprint density at radius 3 is 2.50 bits per heavy atom. The van der Waals surface area contributed by atoms with Crippen molar-refractivity contribution in [1.29, 1.82) is 0 Å². The van der Waals surface area contributed by atoms with E-state index >= 15 is 0 Å². The normalized spacial score (nSPS) is 11.3. The first kappa shape index (κ1) is 12.2. The predicted molar refractivity (Wildman–Crippen MR) is 55.4 cm³/mol. The third kappa shape index (κ3) is 5.77. The van der Waals surface area contributed by atoms with Gasteiger partial charge in [0, 0.05) is 6.61 Å². The minimum Gasteiger partial charge on any atom is -0.465 e. The Balaban J connectivity index is 3.45. The van der Waals surface area contributed by atoms with Crippen LogP contribution in [0.4, 0.5) is 0 Å². The molecule has 1 N–H and O–H groups in total. The van der Waals surface area contributed by atoms with E-state index in [9.17, 15) is 4.79 Å². The molecule has 0 saturated heterocycles. The number of aliphatic hydroxyl groups is 1. The van der Waals surface area contributed by atoms with Gasteiger partial charge in [0.05, 0.1) is 6.61 Å². The molecule has 0 heterocycles. The maximum atomic E-state index is 11.1. The van der Waals surface area contributed by atoms with E-state index in [2.05, 4.69) is 0 Å². The summed E-state index contributed by atoms with van der Waals surface area (Å²) in [4.78, 5) is 11.1. The molecule has 0 saturated carbocycles. The molecule has 0 aromatic rings. The molecule has 0 spiro atoms. The van der Waals surface area contributed by atoms with Gasteiger partial charge in [-0.05, 0) is 26.7 Å². The van der Waals surface area contributed by atoms with Gasteiger partial charge in [-0.1, -0.05) is 22.6 Å². The molecule has 0 radical (unpaired) electrons. The monoisotopic (exact) mass is 286 g/mol. The first-order chi connectivity index (χ1) is 5.48. The fourth-order valence-corrected chi connectivity index (χ4v) is 0.706. The van der Waals surface area contributed by atoms with Crippen molar-refractivity contribution in [1.82, 2.24) is 0 Å². The summed E-state index contributed by atoms with van der Waals surface area (Å²) in [5.41, 5.74) is 0. The fraction of sp³-hybridized carbons (Fsp3) is 0.875. The van der Waals surface area contributed by atoms with Crippen LogP contribution in [0.3, 0.4) is 0 Å². The number of unbranched alkanes of at least 4 members (excludes halogenated alkanes) is 1. The van der Waals surface area contributed by atoms with Crippen LogP contribution < -0.4 is 0 Å². The molecule has 0 aliphatic rings. The molecular formula is C8H15IO3. The van der Waals surface area contributed by atoms with Gasteiger partial charge >= 0.3 is 5.97 Å². The van der Waals surface area contributed by atoms with Gasteiger partial charge in [0.25, 0.3) is 0 Å². The van der Waals surface area contributed by atoms with Gasteiger partial charge in [0.2, 0.25) is 0 Å². The predicted octanol–water partition coefficient (Wildman–Crippen LogP) is 1.52. The summed E-state index contributed by atoms with van der Waals surface area (Å²) in [6.07, 6.45) is 1.42. The molecule has 0 atom stereocenters. The zero-order valence-electron chi connectivity index (χ0n) is 7.47. The molecule has 3 nitrogen and oxygen atoms in total. The van der Waals surface area contributed by atoms with Crippen molar-refractivity contribution < 1.29 is 14.6 Å². The highest BCUT2D eigenvalue weighted by Gasteiger charge is 2.24. The zero-order valence-corrected chi connectivity index (χ0v) is 9.63. The van der Waals surface area contributed by atoms with E-state index in [-0.39, 0.29) is 12.6 Å². The topological polar surface area (TPSA) is 46.5 Å². The first-order valence-corrected chi connectivity index (χ1v) is 5.03. The Hall–Kier alpha value is 0.160. The molecule has 0 aliphatic heterocycles. The highest BCUT2D eigenvalue weighted by Crippen LogP contribution is 2.18. The van der Waals surface area contributed by atoms with Crippen molar-refractivity contribution in [2.24, 2.45) is 0 Å². The Kier molecular flexibility index (Phi) is 5.82. The maximum Gasteiger partial charge on any atom is 0.321 e. The molecule has 72 valence electrons. The van der Waals surface area contributed by atoms with E-state index in [0.717, 1.165) is 6.42 Å². The summed E-state index contributed by atoms with van der Waals surface area (Å²) in [7, 11) is 0. The molecule has 0 fully saturated rings. The van der Waals surface area contributed by atoms with E-state index in [1.165, 1.54) is 0 Å². The van der Waals surface area contributed by atoms with Crippen molar-refractivity contribution in [3.63, 3.8) is 0 Å². The Morgan fingerprint density at radius 2 is 2.08 bits per heavy atom. The van der Waals surface area contributed by atoms with Gasteiger partial charge in [-0.3, -0.25) is 4.79 Å². The summed E-state index contributed by atoms with van der Waals surface area (Å²) in [6.45, 7) is 4.18. The lowest BCUT2D eigenvalue weighted by atomic mass is 10.2. The van der Waals surface area contributed by atoms with Gasteiger partial charge < -0.3 is 9.84 Å². The number of alkyl halides is 1. The second-order valence-corrected chi connectivity index (χ2v) is 5.74. The SMILES string of the molecule is CC(C)(I)C(=O)OCCCCO. The summed E-state index contributed by atoms with van der Waals surface area (Å²) < 4.78 is 4.50. The number of esters is 1. The molecule has 0 unspecified atom stereocenters. The van der Waals surface area contributed by atoms with Crippen molar-refractivity contribution in [3.8, 4) is 0 Å². The van der Waals surface area contributed by atoms with Crippen LogP contribution in [0.1, 0.15) is 26.7 Å². The fourth-order valence-electron chi connectivity index (χ4n) is 0.550. The average molecular weight is 286 g/mol. The number of ether oxygens (including phenoxy) is 1. The number of carbonyl (C=O) groups excluding carboxylic acids is 1. The molecule has 0 aromatic heterocycles. The molecule has 4 heteroatoms. The van der Waals surface area contributed by atoms with E-state index in [0.29, 0.717) is 13.0 Å². The molecule has 0 bridgehead atoms. The molecule has 0 aromatic carbocycles. The maximum absolute atomic E-state index is 11.1. The lowest BCUT2D eigenvalue weighted by Gasteiger charge is -2.14. The van der Waals surface area contributed by atoms with Crippen LogP contribution >= 0.6 is 22.6 Å². The largest absolute Gasteiger partial charge is 0.465 e. The highest BCUT2D eigenvalue weighted by molar-refractivity contribution is 14.1. The molecule has 12 heavy (non-hydrogen) atoms. The third-order valence-corrected chi connectivity index (χ3v) is 1.71. The number of carbonyl (C=O) groups is 1. The van der Waals surface area contributed by atoms with Crippen LogP contribution in [0.2, 0.25) is 0 Å². The number of hydrogen-bond donors (Lipinski definition) is 1. The Bertz CT molecular complexity index is 140. The summed E-state index contributed by atoms with van der Waals surface area (Å²) in [6, 6.07) is 0. The van der Waals surface area contributed by atoms with Crippen LogP contribution in [0, 0.1) is 0 Å². The lowest BCUT2D eigenvalue weighted by Crippen LogP contribution is -2.26. The van der Waals surface area contributed by atoms with Gasteiger partial charge in [0.15, 0.2) is 0 Å². The van der Waals surface area contributed by atoms with Crippen LogP contribution in [-0.4, -0.2) is 27.7 Å². The second kappa shape index (κ2) is 5.75. The average Bonchev–Trinajstić information content (AvgIpc) is 1.96. The highest BCUT2D eigenvalue weighted by atomic mass is 127.